The van der Waals surface area contributed by atoms with Crippen LogP contribution in [0.25, 0.3) is 5.65 Å². The number of pyridine rings is 1. The number of nitrogens with one attached hydrogen (secondary N) is 1. The number of carbonyl (C=O) groups is 2. The summed E-state index contributed by atoms with van der Waals surface area (Å²) in [6.45, 7) is 0.831. The Morgan fingerprint density at radius 2 is 1.96 bits per heavy atom. The van der Waals surface area contributed by atoms with Crippen molar-refractivity contribution in [3.8, 4) is 0 Å². The van der Waals surface area contributed by atoms with E-state index in [2.05, 4.69) is 10.3 Å². The molecule has 8 heteroatoms. The number of fused-ring (bicyclic) bond motifs is 1. The molecule has 1 N–H and O–H groups in total. The fourth-order valence-corrected chi connectivity index (χ4v) is 4.02. The van der Waals surface area contributed by atoms with Crippen LogP contribution in [-0.4, -0.2) is 38.7 Å². The highest BCUT2D eigenvalue weighted by Gasteiger charge is 2.34. The molecule has 3 aromatic rings. The first kappa shape index (κ1) is 18.8. The molecule has 0 radical (unpaired) electrons. The Morgan fingerprint density at radius 1 is 1.18 bits per heavy atom. The predicted molar refractivity (Wildman–Crippen MR) is 108 cm³/mol. The summed E-state index contributed by atoms with van der Waals surface area (Å²) in [6.07, 6.45) is 5.17. The molecular weight excluding hydrogens is 399 g/mol. The summed E-state index contributed by atoms with van der Waals surface area (Å²) in [7, 11) is 0. The van der Waals surface area contributed by atoms with Gasteiger partial charge in [-0.2, -0.15) is 0 Å². The quantitative estimate of drug-likeness (QED) is 0.706. The van der Waals surface area contributed by atoms with E-state index in [0.29, 0.717) is 35.1 Å². The molecule has 2 amide bonds. The second-order valence-electron chi connectivity index (χ2n) is 6.73. The van der Waals surface area contributed by atoms with Crippen LogP contribution in [0.4, 0.5) is 0 Å². The summed E-state index contributed by atoms with van der Waals surface area (Å²) in [5.74, 6) is -0.425. The van der Waals surface area contributed by atoms with Crippen LogP contribution in [0.5, 0.6) is 0 Å². The minimum atomic E-state index is -0.512. The van der Waals surface area contributed by atoms with Crippen molar-refractivity contribution in [3.63, 3.8) is 0 Å². The van der Waals surface area contributed by atoms with Crippen molar-refractivity contribution in [3.05, 3.63) is 70.1 Å². The van der Waals surface area contributed by atoms with E-state index in [9.17, 15) is 9.59 Å². The van der Waals surface area contributed by atoms with E-state index in [4.69, 9.17) is 23.2 Å². The van der Waals surface area contributed by atoms with Gasteiger partial charge < -0.3 is 14.6 Å². The van der Waals surface area contributed by atoms with Gasteiger partial charge in [0.05, 0.1) is 12.2 Å². The van der Waals surface area contributed by atoms with Gasteiger partial charge in [0.2, 0.25) is 5.91 Å². The van der Waals surface area contributed by atoms with Crippen molar-refractivity contribution in [1.29, 1.82) is 0 Å². The maximum absolute atomic E-state index is 12.9. The van der Waals surface area contributed by atoms with Crippen LogP contribution in [0.15, 0.2) is 48.8 Å². The highest BCUT2D eigenvalue weighted by Crippen LogP contribution is 2.24. The molecule has 4 rings (SSSR count). The molecule has 144 valence electrons. The van der Waals surface area contributed by atoms with E-state index in [-0.39, 0.29) is 11.8 Å². The molecule has 6 nitrogen and oxygen atoms in total. The molecule has 1 fully saturated rings. The zero-order valence-electron chi connectivity index (χ0n) is 14.9. The molecule has 0 spiro atoms. The van der Waals surface area contributed by atoms with E-state index in [1.807, 2.05) is 35.0 Å². The third-order valence-corrected chi connectivity index (χ3v) is 5.22. The van der Waals surface area contributed by atoms with Gasteiger partial charge in [-0.25, -0.2) is 4.98 Å². The first-order valence-corrected chi connectivity index (χ1v) is 9.74. The minimum Gasteiger partial charge on any atom is -0.349 e. The first-order chi connectivity index (χ1) is 13.5. The molecule has 0 aliphatic carbocycles. The lowest BCUT2D eigenvalue weighted by Crippen LogP contribution is -2.45. The van der Waals surface area contributed by atoms with Crippen molar-refractivity contribution in [2.45, 2.75) is 25.4 Å². The summed E-state index contributed by atoms with van der Waals surface area (Å²) in [5, 5.41) is 3.68. The lowest BCUT2D eigenvalue weighted by atomic mass is 10.1. The van der Waals surface area contributed by atoms with Gasteiger partial charge in [0.15, 0.2) is 0 Å². The van der Waals surface area contributed by atoms with Crippen molar-refractivity contribution >= 4 is 40.7 Å². The lowest BCUT2D eigenvalue weighted by Gasteiger charge is -2.24. The zero-order valence-corrected chi connectivity index (χ0v) is 16.5. The van der Waals surface area contributed by atoms with Crippen LogP contribution in [0.1, 0.15) is 28.9 Å². The van der Waals surface area contributed by atoms with Crippen LogP contribution in [0.2, 0.25) is 10.0 Å². The zero-order chi connectivity index (χ0) is 19.7. The Labute approximate surface area is 172 Å². The number of likely N-dealkylation sites (tertiary alicyclic amines) is 1. The molecule has 0 unspecified atom stereocenters. The predicted octanol–water partition coefficient (Wildman–Crippen LogP) is 3.56. The van der Waals surface area contributed by atoms with Gasteiger partial charge >= 0.3 is 0 Å². The molecule has 1 aliphatic heterocycles. The van der Waals surface area contributed by atoms with Gasteiger partial charge in [-0.1, -0.05) is 29.3 Å². The van der Waals surface area contributed by atoms with E-state index < -0.39 is 6.04 Å². The third-order valence-electron chi connectivity index (χ3n) is 4.78. The van der Waals surface area contributed by atoms with Gasteiger partial charge in [0.25, 0.3) is 5.91 Å². The monoisotopic (exact) mass is 416 g/mol. The number of nitrogens with zero attached hydrogens (tertiary/aromatic N) is 3. The molecule has 3 heterocycles. The number of carbonyl (C=O) groups excluding carboxylic acids is 2. The maximum atomic E-state index is 12.9. The summed E-state index contributed by atoms with van der Waals surface area (Å²) in [4.78, 5) is 31.6. The maximum Gasteiger partial charge on any atom is 0.254 e. The first-order valence-electron chi connectivity index (χ1n) is 8.98. The Bertz CT molecular complexity index is 996. The molecule has 28 heavy (non-hydrogen) atoms. The summed E-state index contributed by atoms with van der Waals surface area (Å²) >= 11 is 12.0. The van der Waals surface area contributed by atoms with Crippen LogP contribution < -0.4 is 5.32 Å². The molecule has 1 saturated heterocycles. The number of aromatic nitrogens is 2. The summed E-state index contributed by atoms with van der Waals surface area (Å²) in [5.41, 5.74) is 1.97. The average molecular weight is 417 g/mol. The number of benzene rings is 1. The van der Waals surface area contributed by atoms with Gasteiger partial charge in [-0.3, -0.25) is 9.59 Å². The van der Waals surface area contributed by atoms with Crippen LogP contribution in [0, 0.1) is 0 Å². The molecule has 0 bridgehead atoms. The largest absolute Gasteiger partial charge is 0.349 e. The van der Waals surface area contributed by atoms with E-state index in [0.717, 1.165) is 17.8 Å². The molecule has 1 aliphatic rings. The normalized spacial score (nSPS) is 16.5. The number of amides is 2. The average Bonchev–Trinajstić information content (AvgIpc) is 3.31. The standard InChI is InChI=1S/C20H18Cl2N4O2/c21-14-8-13(9-15(22)10-14)20(28)26-7-3-4-17(26)19(27)23-11-16-12-25-6-2-1-5-18(25)24-16/h1-2,5-6,8-10,12,17H,3-4,7,11H2,(H,23,27)/t17-/m1/s1. The smallest absolute Gasteiger partial charge is 0.254 e. The fourth-order valence-electron chi connectivity index (χ4n) is 3.49. The van der Waals surface area contributed by atoms with Crippen molar-refractivity contribution in [1.82, 2.24) is 19.6 Å². The van der Waals surface area contributed by atoms with E-state index >= 15 is 0 Å². The molecule has 1 aromatic carbocycles. The molecule has 1 atom stereocenters. The van der Waals surface area contributed by atoms with Gasteiger partial charge in [-0.05, 0) is 43.2 Å². The number of halogens is 2. The number of hydrogen-bond donors (Lipinski definition) is 1. The minimum absolute atomic E-state index is 0.184. The Balaban J connectivity index is 1.44. The second kappa shape index (κ2) is 7.81. The summed E-state index contributed by atoms with van der Waals surface area (Å²) < 4.78 is 1.90. The third kappa shape index (κ3) is 3.84. The van der Waals surface area contributed by atoms with Gasteiger partial charge in [0.1, 0.15) is 11.7 Å². The van der Waals surface area contributed by atoms with Gasteiger partial charge in [0, 0.05) is 34.5 Å². The number of rotatable bonds is 4. The number of hydrogen-bond acceptors (Lipinski definition) is 3. The Hall–Kier alpha value is -2.57. The fraction of sp³-hybridized carbons (Fsp3) is 0.250. The highest BCUT2D eigenvalue weighted by molar-refractivity contribution is 6.35. The molecule has 2 aromatic heterocycles. The van der Waals surface area contributed by atoms with Crippen molar-refractivity contribution < 1.29 is 9.59 Å². The van der Waals surface area contributed by atoms with Crippen LogP contribution in [-0.2, 0) is 11.3 Å². The topological polar surface area (TPSA) is 66.7 Å². The van der Waals surface area contributed by atoms with Crippen molar-refractivity contribution in [2.75, 3.05) is 6.54 Å². The van der Waals surface area contributed by atoms with Gasteiger partial charge in [-0.15, -0.1) is 0 Å². The Kier molecular flexibility index (Phi) is 5.24. The lowest BCUT2D eigenvalue weighted by molar-refractivity contribution is -0.125. The second-order valence-corrected chi connectivity index (χ2v) is 7.60. The molecule has 0 saturated carbocycles. The van der Waals surface area contributed by atoms with Crippen LogP contribution in [0.3, 0.4) is 0 Å². The van der Waals surface area contributed by atoms with E-state index in [1.54, 1.807) is 23.1 Å². The summed E-state index contributed by atoms with van der Waals surface area (Å²) in [6, 6.07) is 9.93. The van der Waals surface area contributed by atoms with Crippen molar-refractivity contribution in [2.24, 2.45) is 0 Å². The highest BCUT2D eigenvalue weighted by atomic mass is 35.5. The SMILES string of the molecule is O=C(NCc1cn2ccccc2n1)[C@H]1CCCN1C(=O)c1cc(Cl)cc(Cl)c1. The van der Waals surface area contributed by atoms with Crippen LogP contribution >= 0.6 is 23.2 Å². The number of imidazole rings is 1. The Morgan fingerprint density at radius 3 is 2.71 bits per heavy atom. The molecular formula is C20H18Cl2N4O2. The van der Waals surface area contributed by atoms with E-state index in [1.165, 1.54) is 0 Å².